The maximum Gasteiger partial charge on any atom is 0.223 e. The Hall–Kier alpha value is -2.23. The third kappa shape index (κ3) is 4.26. The van der Waals surface area contributed by atoms with E-state index in [1.54, 1.807) is 25.1 Å². The van der Waals surface area contributed by atoms with Gasteiger partial charge in [-0.05, 0) is 31.5 Å². The summed E-state index contributed by atoms with van der Waals surface area (Å²) in [7, 11) is -3.03. The van der Waals surface area contributed by atoms with E-state index in [-0.39, 0.29) is 16.7 Å². The summed E-state index contributed by atoms with van der Waals surface area (Å²) in [6.07, 6.45) is 2.37. The van der Waals surface area contributed by atoms with Gasteiger partial charge in [0.05, 0.1) is 31.7 Å². The summed E-state index contributed by atoms with van der Waals surface area (Å²) in [6, 6.07) is 4.40. The molecule has 0 saturated carbocycles. The first kappa shape index (κ1) is 20.5. The summed E-state index contributed by atoms with van der Waals surface area (Å²) in [5.74, 6) is 0.0414. The van der Waals surface area contributed by atoms with Crippen LogP contribution < -0.4 is 5.32 Å². The summed E-state index contributed by atoms with van der Waals surface area (Å²) in [5, 5.41) is 3.96. The molecule has 0 spiro atoms. The van der Waals surface area contributed by atoms with Gasteiger partial charge in [-0.1, -0.05) is 29.3 Å². The van der Waals surface area contributed by atoms with Crippen LogP contribution in [-0.4, -0.2) is 30.4 Å². The van der Waals surface area contributed by atoms with Crippen molar-refractivity contribution in [2.45, 2.75) is 24.9 Å². The van der Waals surface area contributed by atoms with E-state index in [0.717, 1.165) is 6.20 Å². The van der Waals surface area contributed by atoms with Gasteiger partial charge in [-0.2, -0.15) is 0 Å². The van der Waals surface area contributed by atoms with Gasteiger partial charge in [0.15, 0.2) is 10.8 Å². The van der Waals surface area contributed by atoms with Gasteiger partial charge in [0, 0.05) is 11.9 Å². The lowest BCUT2D eigenvalue weighted by Gasteiger charge is -2.18. The molecule has 11 heteroatoms. The predicted molar refractivity (Wildman–Crippen MR) is 107 cm³/mol. The van der Waals surface area contributed by atoms with Crippen molar-refractivity contribution in [3.63, 3.8) is 0 Å². The molecule has 3 rings (SSSR count). The highest BCUT2D eigenvalue weighted by molar-refractivity contribution is 7.91. The highest BCUT2D eigenvalue weighted by Gasteiger charge is 2.23. The Kier molecular flexibility index (Phi) is 5.60. The third-order valence-electron chi connectivity index (χ3n) is 3.97. The highest BCUT2D eigenvalue weighted by atomic mass is 35.5. The number of anilines is 1. The van der Waals surface area contributed by atoms with Crippen molar-refractivity contribution in [2.24, 2.45) is 0 Å². The van der Waals surface area contributed by atoms with E-state index in [1.165, 1.54) is 13.2 Å². The Morgan fingerprint density at radius 1 is 1.25 bits per heavy atom. The van der Waals surface area contributed by atoms with E-state index < -0.39 is 21.6 Å². The van der Waals surface area contributed by atoms with Crippen LogP contribution in [0.5, 0.6) is 0 Å². The topological polar surface area (TPSA) is 107 Å². The molecule has 2 heterocycles. The second-order valence-corrected chi connectivity index (χ2v) is 9.16. The molecular formula is C17H17Cl2FN6OS. The van der Waals surface area contributed by atoms with Gasteiger partial charge >= 0.3 is 0 Å². The monoisotopic (exact) mass is 442 g/mol. The Bertz CT molecular complexity index is 1150. The number of benzene rings is 1. The number of nitrogens with zero attached hydrogens (tertiary/aromatic N) is 3. The molecule has 148 valence electrons. The minimum absolute atomic E-state index is 0.158. The highest BCUT2D eigenvalue weighted by Crippen LogP contribution is 2.30. The zero-order chi connectivity index (χ0) is 20.6. The van der Waals surface area contributed by atoms with Crippen LogP contribution in [0.15, 0.2) is 29.4 Å². The molecule has 3 N–H and O–H groups in total. The van der Waals surface area contributed by atoms with Crippen molar-refractivity contribution in [1.29, 1.82) is 4.78 Å². The summed E-state index contributed by atoms with van der Waals surface area (Å²) < 4.78 is 33.5. The summed E-state index contributed by atoms with van der Waals surface area (Å²) >= 11 is 12.2. The van der Waals surface area contributed by atoms with Crippen molar-refractivity contribution in [1.82, 2.24) is 19.9 Å². The SMILES string of the molecule is Cc1nc(N[C@H](c2ccc(Cl)c(Cl)c2)c2nc([S@](C)(=N)=O)c(C)[nH]2)ncc1F. The number of imidazole rings is 1. The van der Waals surface area contributed by atoms with E-state index in [9.17, 15) is 8.60 Å². The van der Waals surface area contributed by atoms with Crippen LogP contribution in [0.1, 0.15) is 28.8 Å². The largest absolute Gasteiger partial charge is 0.343 e. The Labute approximate surface area is 171 Å². The molecule has 2 aromatic heterocycles. The summed E-state index contributed by atoms with van der Waals surface area (Å²) in [6.45, 7) is 3.21. The summed E-state index contributed by atoms with van der Waals surface area (Å²) in [5.41, 5.74) is 1.37. The molecule has 3 aromatic rings. The van der Waals surface area contributed by atoms with Crippen molar-refractivity contribution >= 4 is 38.9 Å². The predicted octanol–water partition coefficient (Wildman–Crippen LogP) is 4.50. The number of hydrogen-bond donors (Lipinski definition) is 3. The molecule has 0 bridgehead atoms. The molecule has 0 amide bonds. The Balaban J connectivity index is 2.11. The molecule has 0 fully saturated rings. The van der Waals surface area contributed by atoms with Crippen LogP contribution in [0, 0.1) is 24.4 Å². The van der Waals surface area contributed by atoms with Gasteiger partial charge in [0.2, 0.25) is 5.95 Å². The first-order valence-corrected chi connectivity index (χ1v) is 10.8. The van der Waals surface area contributed by atoms with Crippen LogP contribution in [0.4, 0.5) is 10.3 Å². The third-order valence-corrected chi connectivity index (χ3v) is 5.85. The molecule has 0 aliphatic rings. The normalized spacial score (nSPS) is 14.5. The van der Waals surface area contributed by atoms with E-state index in [0.29, 0.717) is 27.1 Å². The molecule has 2 atom stereocenters. The molecule has 0 unspecified atom stereocenters. The van der Waals surface area contributed by atoms with Gasteiger partial charge in [-0.3, -0.25) is 0 Å². The van der Waals surface area contributed by atoms with Crippen molar-refractivity contribution in [3.05, 3.63) is 63.0 Å². The molecule has 0 aliphatic carbocycles. The van der Waals surface area contributed by atoms with Crippen LogP contribution in [-0.2, 0) is 9.73 Å². The number of aromatic amines is 1. The minimum atomic E-state index is -3.03. The lowest BCUT2D eigenvalue weighted by Crippen LogP contribution is -2.16. The van der Waals surface area contributed by atoms with Crippen LogP contribution >= 0.6 is 23.2 Å². The maximum absolute atomic E-state index is 13.5. The minimum Gasteiger partial charge on any atom is -0.343 e. The van der Waals surface area contributed by atoms with Gasteiger partial charge in [0.1, 0.15) is 11.9 Å². The molecule has 0 radical (unpaired) electrons. The quantitative estimate of drug-likeness (QED) is 0.538. The molecule has 0 saturated heterocycles. The fraction of sp³-hybridized carbons (Fsp3) is 0.235. The number of aryl methyl sites for hydroxylation is 2. The van der Waals surface area contributed by atoms with Crippen LogP contribution in [0.2, 0.25) is 10.0 Å². The van der Waals surface area contributed by atoms with Gasteiger partial charge in [-0.25, -0.2) is 28.3 Å². The Morgan fingerprint density at radius 2 is 1.96 bits per heavy atom. The smallest absolute Gasteiger partial charge is 0.223 e. The van der Waals surface area contributed by atoms with Gasteiger partial charge in [0.25, 0.3) is 0 Å². The number of halogens is 3. The van der Waals surface area contributed by atoms with E-state index in [4.69, 9.17) is 28.0 Å². The average Bonchev–Trinajstić information content (AvgIpc) is 3.00. The van der Waals surface area contributed by atoms with E-state index in [1.807, 2.05) is 0 Å². The van der Waals surface area contributed by atoms with Crippen LogP contribution in [0.25, 0.3) is 0 Å². The molecule has 0 aliphatic heterocycles. The molecule has 28 heavy (non-hydrogen) atoms. The molecule has 7 nitrogen and oxygen atoms in total. The van der Waals surface area contributed by atoms with E-state index in [2.05, 4.69) is 25.3 Å². The van der Waals surface area contributed by atoms with Crippen molar-refractivity contribution < 1.29 is 8.60 Å². The van der Waals surface area contributed by atoms with Gasteiger partial charge in [-0.15, -0.1) is 0 Å². The number of rotatable bonds is 5. The molecular weight excluding hydrogens is 426 g/mol. The van der Waals surface area contributed by atoms with E-state index >= 15 is 0 Å². The first-order valence-electron chi connectivity index (χ1n) is 8.07. The second kappa shape index (κ2) is 7.65. The Morgan fingerprint density at radius 3 is 2.54 bits per heavy atom. The fourth-order valence-electron chi connectivity index (χ4n) is 2.64. The number of hydrogen-bond acceptors (Lipinski definition) is 6. The maximum atomic E-state index is 13.5. The number of H-pyrrole nitrogens is 1. The van der Waals surface area contributed by atoms with Crippen LogP contribution in [0.3, 0.4) is 0 Å². The zero-order valence-electron chi connectivity index (χ0n) is 15.2. The van der Waals surface area contributed by atoms with Gasteiger partial charge < -0.3 is 10.3 Å². The number of aromatic nitrogens is 4. The zero-order valence-corrected chi connectivity index (χ0v) is 17.5. The van der Waals surface area contributed by atoms with Crippen molar-refractivity contribution in [2.75, 3.05) is 11.6 Å². The lowest BCUT2D eigenvalue weighted by molar-refractivity contribution is 0.601. The summed E-state index contributed by atoms with van der Waals surface area (Å²) in [4.78, 5) is 15.5. The molecule has 1 aromatic carbocycles. The fourth-order valence-corrected chi connectivity index (χ4v) is 3.85. The number of nitrogens with one attached hydrogen (secondary N) is 3. The lowest BCUT2D eigenvalue weighted by atomic mass is 10.1. The average molecular weight is 443 g/mol. The second-order valence-electron chi connectivity index (χ2n) is 6.27. The van der Waals surface area contributed by atoms with Crippen molar-refractivity contribution in [3.8, 4) is 0 Å². The first-order chi connectivity index (χ1) is 13.1. The standard InChI is InChI=1S/C17H17Cl2FN6OS/c1-8-13(20)7-22-17(24-8)25-14(10-4-5-11(18)12(19)6-10)15-23-9(2)16(26-15)28(3,21)27/h4-7,14,21H,1-3H3,(H,23,26)(H,22,24,25)/t14-,28-/m1/s1.